The van der Waals surface area contributed by atoms with E-state index in [4.69, 9.17) is 10.5 Å². The van der Waals surface area contributed by atoms with Crippen LogP contribution in [0.15, 0.2) is 46.1 Å². The summed E-state index contributed by atoms with van der Waals surface area (Å²) in [7, 11) is -3.93. The average molecular weight is 421 g/mol. The lowest BCUT2D eigenvalue weighted by atomic mass is 9.84. The van der Waals surface area contributed by atoms with Crippen molar-refractivity contribution in [3.63, 3.8) is 0 Å². The smallest absolute Gasteiger partial charge is 0.255 e. The number of fused-ring (bicyclic) bond motifs is 4. The van der Waals surface area contributed by atoms with Crippen LogP contribution in [0.2, 0.25) is 0 Å². The molecule has 0 unspecified atom stereocenters. The van der Waals surface area contributed by atoms with Crippen LogP contribution in [0.1, 0.15) is 18.0 Å². The Labute approximate surface area is 166 Å². The number of rotatable bonds is 5. The maximum Gasteiger partial charge on any atom is 0.255 e. The molecule has 8 nitrogen and oxygen atoms in total. The van der Waals surface area contributed by atoms with Crippen LogP contribution in [0.25, 0.3) is 0 Å². The average Bonchev–Trinajstić information content (AvgIpc) is 2.67. The third kappa shape index (κ3) is 3.65. The van der Waals surface area contributed by atoms with Crippen molar-refractivity contribution in [1.82, 2.24) is 8.87 Å². The van der Waals surface area contributed by atoms with Gasteiger partial charge in [-0.1, -0.05) is 6.07 Å². The highest BCUT2D eigenvalue weighted by Crippen LogP contribution is 2.37. The Hall–Kier alpha value is -2.72. The molecule has 29 heavy (non-hydrogen) atoms. The number of pyridine rings is 1. The maximum atomic E-state index is 14.3. The number of piperidine rings is 1. The zero-order chi connectivity index (χ0) is 20.8. The van der Waals surface area contributed by atoms with Crippen molar-refractivity contribution in [1.29, 1.82) is 0 Å². The summed E-state index contributed by atoms with van der Waals surface area (Å²) in [5.74, 6) is -1.97. The predicted octanol–water partition coefficient (Wildman–Crippen LogP) is 0.659. The molecule has 154 valence electrons. The molecule has 0 saturated carbocycles. The molecule has 1 saturated heterocycles. The Morgan fingerprint density at radius 2 is 2.00 bits per heavy atom. The fraction of sp³-hybridized carbons (Fsp3) is 0.368. The summed E-state index contributed by atoms with van der Waals surface area (Å²) in [5.41, 5.74) is 5.71. The zero-order valence-corrected chi connectivity index (χ0v) is 16.3. The number of carbonyl (C=O) groups is 1. The van der Waals surface area contributed by atoms with E-state index in [9.17, 15) is 22.4 Å². The van der Waals surface area contributed by atoms with E-state index in [2.05, 4.69) is 0 Å². The lowest BCUT2D eigenvalue weighted by Gasteiger charge is -2.42. The van der Waals surface area contributed by atoms with Crippen LogP contribution in [-0.2, 0) is 21.4 Å². The van der Waals surface area contributed by atoms with E-state index in [0.29, 0.717) is 6.54 Å². The Kier molecular flexibility index (Phi) is 4.91. The molecule has 3 heterocycles. The normalized spacial score (nSPS) is 21.4. The number of aromatic nitrogens is 1. The minimum atomic E-state index is -3.93. The molecule has 1 fully saturated rings. The minimum absolute atomic E-state index is 0.0131. The number of ether oxygens (including phenoxy) is 1. The summed E-state index contributed by atoms with van der Waals surface area (Å²) in [4.78, 5) is 22.7. The van der Waals surface area contributed by atoms with Gasteiger partial charge in [0.25, 0.3) is 11.5 Å². The van der Waals surface area contributed by atoms with Crippen LogP contribution >= 0.6 is 0 Å². The fourth-order valence-corrected chi connectivity index (χ4v) is 5.68. The second-order valence-corrected chi connectivity index (χ2v) is 9.31. The van der Waals surface area contributed by atoms with Crippen molar-refractivity contribution in [2.45, 2.75) is 23.8 Å². The molecule has 0 aliphatic carbocycles. The molecule has 4 rings (SSSR count). The van der Waals surface area contributed by atoms with Gasteiger partial charge in [-0.2, -0.15) is 4.31 Å². The first-order valence-electron chi connectivity index (χ1n) is 9.16. The van der Waals surface area contributed by atoms with Gasteiger partial charge < -0.3 is 15.0 Å². The van der Waals surface area contributed by atoms with Crippen molar-refractivity contribution in [3.8, 4) is 5.75 Å². The zero-order valence-electron chi connectivity index (χ0n) is 15.5. The number of primary amides is 1. The minimum Gasteiger partial charge on any atom is -0.481 e. The van der Waals surface area contributed by atoms with Gasteiger partial charge >= 0.3 is 0 Å². The molecule has 1 aromatic carbocycles. The maximum absolute atomic E-state index is 14.3. The van der Waals surface area contributed by atoms with Crippen LogP contribution in [0.3, 0.4) is 0 Å². The summed E-state index contributed by atoms with van der Waals surface area (Å²) >= 11 is 0. The molecule has 2 atom stereocenters. The number of halogens is 1. The summed E-state index contributed by atoms with van der Waals surface area (Å²) in [6.07, 6.45) is 0.809. The Balaban J connectivity index is 1.60. The number of hydrogen-bond donors (Lipinski definition) is 1. The number of nitrogens with zero attached hydrogens (tertiary/aromatic N) is 2. The largest absolute Gasteiger partial charge is 0.481 e. The van der Waals surface area contributed by atoms with Gasteiger partial charge in [0.2, 0.25) is 10.0 Å². The standard InChI is InChI=1S/C19H20FN3O5S/c20-15-7-14(4-5-17(15)28-11-18(21)24)29(26,27)22-8-12-6-13(10-22)16-2-1-3-19(25)23(16)9-12/h1-5,7,12-13H,6,8-11H2,(H2,21,24)/t12-,13+/m1/s1. The highest BCUT2D eigenvalue weighted by atomic mass is 32.2. The lowest BCUT2D eigenvalue weighted by Crippen LogP contribution is -2.49. The summed E-state index contributed by atoms with van der Waals surface area (Å²) in [5, 5.41) is 0. The summed E-state index contributed by atoms with van der Waals surface area (Å²) < 4.78 is 48.5. The number of nitrogens with two attached hydrogens (primary N) is 1. The van der Waals surface area contributed by atoms with Crippen molar-refractivity contribution in [2.75, 3.05) is 19.7 Å². The van der Waals surface area contributed by atoms with Gasteiger partial charge in [0.1, 0.15) is 0 Å². The van der Waals surface area contributed by atoms with Crippen LogP contribution in [-0.4, -0.2) is 42.9 Å². The van der Waals surface area contributed by atoms with E-state index in [1.165, 1.54) is 22.5 Å². The quantitative estimate of drug-likeness (QED) is 0.762. The topological polar surface area (TPSA) is 112 Å². The first-order valence-corrected chi connectivity index (χ1v) is 10.6. The SMILES string of the molecule is NC(=O)COc1ccc(S(=O)(=O)N2C[C@H]3C[C@@H](C2)c2cccc(=O)n2C3)cc1F. The molecule has 2 N–H and O–H groups in total. The second kappa shape index (κ2) is 7.27. The monoisotopic (exact) mass is 421 g/mol. The fourth-order valence-electron chi connectivity index (χ4n) is 4.11. The van der Waals surface area contributed by atoms with E-state index in [1.54, 1.807) is 10.6 Å². The molecule has 2 aliphatic rings. The van der Waals surface area contributed by atoms with Crippen molar-refractivity contribution >= 4 is 15.9 Å². The molecule has 0 spiro atoms. The number of carbonyl (C=O) groups excluding carboxylic acids is 1. The molecular weight excluding hydrogens is 401 g/mol. The molecule has 2 aliphatic heterocycles. The molecule has 0 radical (unpaired) electrons. The van der Waals surface area contributed by atoms with Gasteiger partial charge in [-0.05, 0) is 36.6 Å². The second-order valence-electron chi connectivity index (χ2n) is 7.37. The molecule has 1 aromatic heterocycles. The van der Waals surface area contributed by atoms with E-state index in [1.807, 2.05) is 6.07 Å². The Bertz CT molecular complexity index is 1130. The predicted molar refractivity (Wildman–Crippen MR) is 101 cm³/mol. The molecule has 2 bridgehead atoms. The highest BCUT2D eigenvalue weighted by Gasteiger charge is 2.39. The van der Waals surface area contributed by atoms with Gasteiger partial charge in [0.15, 0.2) is 18.2 Å². The lowest BCUT2D eigenvalue weighted by molar-refractivity contribution is -0.120. The molecular formula is C19H20FN3O5S. The molecule has 1 amide bonds. The van der Waals surface area contributed by atoms with E-state index >= 15 is 0 Å². The van der Waals surface area contributed by atoms with Gasteiger partial charge in [0.05, 0.1) is 4.90 Å². The molecule has 2 aromatic rings. The number of benzene rings is 1. The van der Waals surface area contributed by atoms with Crippen molar-refractivity contribution in [3.05, 3.63) is 58.3 Å². The van der Waals surface area contributed by atoms with Gasteiger partial charge in [-0.15, -0.1) is 0 Å². The first kappa shape index (κ1) is 19.6. The number of amides is 1. The van der Waals surface area contributed by atoms with Gasteiger partial charge in [0, 0.05) is 37.3 Å². The first-order chi connectivity index (χ1) is 13.8. The summed E-state index contributed by atoms with van der Waals surface area (Å²) in [6, 6.07) is 8.34. The van der Waals surface area contributed by atoms with E-state index < -0.39 is 28.4 Å². The van der Waals surface area contributed by atoms with Crippen molar-refractivity contribution < 1.29 is 22.3 Å². The third-order valence-electron chi connectivity index (χ3n) is 5.36. The third-order valence-corrected chi connectivity index (χ3v) is 7.18. The highest BCUT2D eigenvalue weighted by molar-refractivity contribution is 7.89. The number of hydrogen-bond acceptors (Lipinski definition) is 5. The van der Waals surface area contributed by atoms with Gasteiger partial charge in [-0.3, -0.25) is 9.59 Å². The van der Waals surface area contributed by atoms with E-state index in [-0.39, 0.29) is 41.1 Å². The summed E-state index contributed by atoms with van der Waals surface area (Å²) in [6.45, 7) is 0.452. The van der Waals surface area contributed by atoms with Gasteiger partial charge in [-0.25, -0.2) is 12.8 Å². The van der Waals surface area contributed by atoms with Crippen LogP contribution in [0.4, 0.5) is 4.39 Å². The number of sulfonamides is 1. The van der Waals surface area contributed by atoms with Crippen molar-refractivity contribution in [2.24, 2.45) is 11.7 Å². The Morgan fingerprint density at radius 1 is 1.21 bits per heavy atom. The van der Waals surface area contributed by atoms with E-state index in [0.717, 1.165) is 18.2 Å². The van der Waals surface area contributed by atoms with Crippen LogP contribution < -0.4 is 16.0 Å². The Morgan fingerprint density at radius 3 is 2.72 bits per heavy atom. The molecule has 10 heteroatoms. The van der Waals surface area contributed by atoms with Crippen LogP contribution in [0.5, 0.6) is 5.75 Å². The van der Waals surface area contributed by atoms with Crippen LogP contribution in [0, 0.1) is 11.7 Å².